The molecule has 3 heterocycles. The molecule has 0 unspecified atom stereocenters. The van der Waals surface area contributed by atoms with Gasteiger partial charge in [-0.15, -0.1) is 11.3 Å². The number of anilines is 1. The first-order chi connectivity index (χ1) is 11.3. The lowest BCUT2D eigenvalue weighted by Gasteiger charge is -2.17. The van der Waals surface area contributed by atoms with Crippen molar-refractivity contribution in [2.24, 2.45) is 0 Å². The lowest BCUT2D eigenvalue weighted by atomic mass is 10.0. The van der Waals surface area contributed by atoms with Crippen molar-refractivity contribution in [3.05, 3.63) is 70.7 Å². The highest BCUT2D eigenvalue weighted by Crippen LogP contribution is 2.32. The van der Waals surface area contributed by atoms with E-state index in [0.29, 0.717) is 6.42 Å². The normalized spacial score (nSPS) is 13.1. The van der Waals surface area contributed by atoms with Gasteiger partial charge in [-0.2, -0.15) is 0 Å². The highest BCUT2D eigenvalue weighted by atomic mass is 32.1. The molecule has 0 spiro atoms. The van der Waals surface area contributed by atoms with E-state index in [1.807, 2.05) is 34.5 Å². The van der Waals surface area contributed by atoms with Gasteiger partial charge in [0.25, 0.3) is 0 Å². The Morgan fingerprint density at radius 1 is 1.13 bits per heavy atom. The number of fused-ring (bicyclic) bond motifs is 1. The van der Waals surface area contributed by atoms with E-state index in [4.69, 9.17) is 0 Å². The maximum Gasteiger partial charge on any atom is 0.232 e. The first-order valence-electron chi connectivity index (χ1n) is 7.67. The monoisotopic (exact) mass is 320 g/mol. The van der Waals surface area contributed by atoms with Crippen LogP contribution in [0.15, 0.2) is 60.2 Å². The van der Waals surface area contributed by atoms with Crippen molar-refractivity contribution < 1.29 is 4.79 Å². The Labute approximate surface area is 139 Å². The second-order valence-electron chi connectivity index (χ2n) is 5.63. The van der Waals surface area contributed by atoms with Crippen LogP contribution in [0.2, 0.25) is 0 Å². The fourth-order valence-electron chi connectivity index (χ4n) is 3.04. The highest BCUT2D eigenvalue weighted by Gasteiger charge is 2.25. The fourth-order valence-corrected chi connectivity index (χ4v) is 3.74. The van der Waals surface area contributed by atoms with Crippen LogP contribution in [0.3, 0.4) is 0 Å². The summed E-state index contributed by atoms with van der Waals surface area (Å²) in [5, 5.41) is 2.02. The van der Waals surface area contributed by atoms with Gasteiger partial charge < -0.3 is 4.90 Å². The van der Waals surface area contributed by atoms with Gasteiger partial charge in [-0.05, 0) is 58.8 Å². The van der Waals surface area contributed by atoms with Crippen molar-refractivity contribution in [1.29, 1.82) is 0 Å². The molecule has 0 saturated carbocycles. The molecule has 0 saturated heterocycles. The standard InChI is InChI=1S/C19H16N2OS/c22-19(13-17-2-1-11-23-17)21-10-7-16-12-15(3-4-18(16)21)14-5-8-20-9-6-14/h1-6,8-9,11-12H,7,10,13H2. The molecule has 114 valence electrons. The zero-order valence-corrected chi connectivity index (χ0v) is 13.4. The number of pyridine rings is 1. The van der Waals surface area contributed by atoms with Crippen LogP contribution in [-0.2, 0) is 17.6 Å². The van der Waals surface area contributed by atoms with E-state index >= 15 is 0 Å². The average molecular weight is 320 g/mol. The minimum Gasteiger partial charge on any atom is -0.312 e. The van der Waals surface area contributed by atoms with Gasteiger partial charge in [0.15, 0.2) is 0 Å². The number of benzene rings is 1. The number of hydrogen-bond acceptors (Lipinski definition) is 3. The van der Waals surface area contributed by atoms with Crippen LogP contribution >= 0.6 is 11.3 Å². The predicted molar refractivity (Wildman–Crippen MR) is 93.8 cm³/mol. The van der Waals surface area contributed by atoms with Crippen LogP contribution in [0.25, 0.3) is 11.1 Å². The second kappa shape index (κ2) is 5.97. The highest BCUT2D eigenvalue weighted by molar-refractivity contribution is 7.10. The Hall–Kier alpha value is -2.46. The molecule has 3 aromatic rings. The minimum atomic E-state index is 0.183. The third-order valence-electron chi connectivity index (χ3n) is 4.20. The van der Waals surface area contributed by atoms with Gasteiger partial charge in [-0.3, -0.25) is 9.78 Å². The summed E-state index contributed by atoms with van der Waals surface area (Å²) < 4.78 is 0. The van der Waals surface area contributed by atoms with Crippen LogP contribution in [0.5, 0.6) is 0 Å². The van der Waals surface area contributed by atoms with Crippen molar-refractivity contribution >= 4 is 22.9 Å². The number of amides is 1. The van der Waals surface area contributed by atoms with Crippen LogP contribution in [0.1, 0.15) is 10.4 Å². The number of thiophene rings is 1. The summed E-state index contributed by atoms with van der Waals surface area (Å²) in [6, 6.07) is 14.4. The second-order valence-corrected chi connectivity index (χ2v) is 6.66. The molecule has 2 aromatic heterocycles. The molecule has 23 heavy (non-hydrogen) atoms. The van der Waals surface area contributed by atoms with E-state index in [2.05, 4.69) is 23.2 Å². The summed E-state index contributed by atoms with van der Waals surface area (Å²) in [7, 11) is 0. The Morgan fingerprint density at radius 3 is 2.78 bits per heavy atom. The van der Waals surface area contributed by atoms with Gasteiger partial charge >= 0.3 is 0 Å². The predicted octanol–water partition coefficient (Wildman–Crippen LogP) is 3.94. The van der Waals surface area contributed by atoms with Crippen molar-refractivity contribution in [2.75, 3.05) is 11.4 Å². The average Bonchev–Trinajstić information content (AvgIpc) is 3.24. The van der Waals surface area contributed by atoms with Gasteiger partial charge in [0.1, 0.15) is 0 Å². The van der Waals surface area contributed by atoms with E-state index in [1.165, 1.54) is 11.1 Å². The summed E-state index contributed by atoms with van der Waals surface area (Å²) in [4.78, 5) is 19.7. The van der Waals surface area contributed by atoms with E-state index < -0.39 is 0 Å². The number of hydrogen-bond donors (Lipinski definition) is 0. The van der Waals surface area contributed by atoms with Gasteiger partial charge in [-0.25, -0.2) is 0 Å². The largest absolute Gasteiger partial charge is 0.312 e. The molecule has 1 amide bonds. The van der Waals surface area contributed by atoms with Crippen molar-refractivity contribution in [2.45, 2.75) is 12.8 Å². The van der Waals surface area contributed by atoms with E-state index in [1.54, 1.807) is 23.7 Å². The van der Waals surface area contributed by atoms with Gasteiger partial charge in [-0.1, -0.05) is 12.1 Å². The summed E-state index contributed by atoms with van der Waals surface area (Å²) in [5.41, 5.74) is 4.65. The molecule has 1 aliphatic heterocycles. The van der Waals surface area contributed by atoms with Crippen LogP contribution in [-0.4, -0.2) is 17.4 Å². The zero-order valence-electron chi connectivity index (χ0n) is 12.6. The molecule has 3 nitrogen and oxygen atoms in total. The van der Waals surface area contributed by atoms with Crippen LogP contribution in [0.4, 0.5) is 5.69 Å². The third kappa shape index (κ3) is 2.78. The minimum absolute atomic E-state index is 0.183. The van der Waals surface area contributed by atoms with Gasteiger partial charge in [0.05, 0.1) is 6.42 Å². The smallest absolute Gasteiger partial charge is 0.232 e. The van der Waals surface area contributed by atoms with E-state index in [0.717, 1.165) is 29.1 Å². The molecule has 0 atom stereocenters. The molecule has 0 fully saturated rings. The Balaban J connectivity index is 1.59. The number of nitrogens with zero attached hydrogens (tertiary/aromatic N) is 2. The Bertz CT molecular complexity index is 828. The SMILES string of the molecule is O=C(Cc1cccs1)N1CCc2cc(-c3ccncc3)ccc21. The van der Waals surface area contributed by atoms with Crippen molar-refractivity contribution in [1.82, 2.24) is 4.98 Å². The summed E-state index contributed by atoms with van der Waals surface area (Å²) >= 11 is 1.64. The summed E-state index contributed by atoms with van der Waals surface area (Å²) in [5.74, 6) is 0.183. The lowest BCUT2D eigenvalue weighted by Crippen LogP contribution is -2.30. The molecule has 0 radical (unpaired) electrons. The molecule has 4 heteroatoms. The quantitative estimate of drug-likeness (QED) is 0.732. The maximum absolute atomic E-state index is 12.6. The molecule has 0 N–H and O–H groups in total. The molecular formula is C19H16N2OS. The lowest BCUT2D eigenvalue weighted by molar-refractivity contribution is -0.117. The van der Waals surface area contributed by atoms with Crippen molar-refractivity contribution in [3.63, 3.8) is 0 Å². The molecule has 4 rings (SSSR count). The molecule has 1 aliphatic rings. The number of aromatic nitrogens is 1. The Kier molecular flexibility index (Phi) is 3.67. The maximum atomic E-state index is 12.6. The summed E-state index contributed by atoms with van der Waals surface area (Å²) in [6.07, 6.45) is 5.02. The topological polar surface area (TPSA) is 33.2 Å². The fraction of sp³-hybridized carbons (Fsp3) is 0.158. The summed E-state index contributed by atoms with van der Waals surface area (Å²) in [6.45, 7) is 0.777. The molecule has 0 bridgehead atoms. The van der Waals surface area contributed by atoms with E-state index in [-0.39, 0.29) is 5.91 Å². The van der Waals surface area contributed by atoms with Crippen molar-refractivity contribution in [3.8, 4) is 11.1 Å². The van der Waals surface area contributed by atoms with Crippen LogP contribution in [0, 0.1) is 0 Å². The van der Waals surface area contributed by atoms with Gasteiger partial charge in [0.2, 0.25) is 5.91 Å². The molecule has 0 aliphatic carbocycles. The number of carbonyl (C=O) groups is 1. The third-order valence-corrected chi connectivity index (χ3v) is 5.07. The molecular weight excluding hydrogens is 304 g/mol. The van der Waals surface area contributed by atoms with Crippen LogP contribution < -0.4 is 4.90 Å². The number of carbonyl (C=O) groups excluding carboxylic acids is 1. The first kappa shape index (κ1) is 14.2. The number of rotatable bonds is 3. The zero-order chi connectivity index (χ0) is 15.6. The molecule has 1 aromatic carbocycles. The Morgan fingerprint density at radius 2 is 2.00 bits per heavy atom. The first-order valence-corrected chi connectivity index (χ1v) is 8.55. The van der Waals surface area contributed by atoms with Gasteiger partial charge in [0, 0.05) is 29.5 Å². The van der Waals surface area contributed by atoms with E-state index in [9.17, 15) is 4.79 Å².